The second-order valence-electron chi connectivity index (χ2n) is 6.94. The van der Waals surface area contributed by atoms with Crippen molar-refractivity contribution >= 4 is 12.2 Å². The van der Waals surface area contributed by atoms with Crippen molar-refractivity contribution in [3.05, 3.63) is 53.3 Å². The number of rotatable bonds is 12. The standard InChI is InChI=1S/C23H27N3O4/c1-2-3-8-17(16-30-22-12-6-11-21(28)19(22)15-27)26-23(29)18-9-7-14-25-20(18)10-4-5-13-24/h6-7,9,11-12,14-15,17,28H,2-5,8,10,16H2,1H3,(H,26,29)/t17-/m0/s1. The molecule has 158 valence electrons. The Morgan fingerprint density at radius 1 is 1.33 bits per heavy atom. The first kappa shape index (κ1) is 22.9. The second kappa shape index (κ2) is 12.2. The van der Waals surface area contributed by atoms with Crippen molar-refractivity contribution in [1.29, 1.82) is 5.26 Å². The van der Waals surface area contributed by atoms with Crippen molar-refractivity contribution in [3.63, 3.8) is 0 Å². The lowest BCUT2D eigenvalue weighted by Gasteiger charge is -2.20. The highest BCUT2D eigenvalue weighted by Crippen LogP contribution is 2.25. The van der Waals surface area contributed by atoms with Crippen LogP contribution >= 0.6 is 0 Å². The minimum Gasteiger partial charge on any atom is -0.507 e. The highest BCUT2D eigenvalue weighted by atomic mass is 16.5. The van der Waals surface area contributed by atoms with Gasteiger partial charge in [0.2, 0.25) is 0 Å². The first-order valence-electron chi connectivity index (χ1n) is 10.1. The molecule has 0 radical (unpaired) electrons. The molecule has 2 N–H and O–H groups in total. The molecular formula is C23H27N3O4. The zero-order valence-corrected chi connectivity index (χ0v) is 17.1. The molecule has 1 aromatic carbocycles. The number of aryl methyl sites for hydroxylation is 1. The normalized spacial score (nSPS) is 11.3. The SMILES string of the molecule is CCCC[C@@H](COc1cccc(O)c1C=O)NC(=O)c1cccnc1CCCC#N. The summed E-state index contributed by atoms with van der Waals surface area (Å²) in [5.41, 5.74) is 1.24. The summed E-state index contributed by atoms with van der Waals surface area (Å²) < 4.78 is 5.76. The highest BCUT2D eigenvalue weighted by molar-refractivity contribution is 5.95. The van der Waals surface area contributed by atoms with E-state index >= 15 is 0 Å². The number of benzene rings is 1. The van der Waals surface area contributed by atoms with Gasteiger partial charge in [-0.15, -0.1) is 0 Å². The third kappa shape index (κ3) is 6.59. The van der Waals surface area contributed by atoms with Gasteiger partial charge in [0, 0.05) is 12.6 Å². The second-order valence-corrected chi connectivity index (χ2v) is 6.94. The number of unbranched alkanes of at least 4 members (excludes halogenated alkanes) is 2. The number of aromatic hydroxyl groups is 1. The lowest BCUT2D eigenvalue weighted by molar-refractivity contribution is 0.0914. The molecular weight excluding hydrogens is 382 g/mol. The van der Waals surface area contributed by atoms with Crippen molar-refractivity contribution < 1.29 is 19.4 Å². The van der Waals surface area contributed by atoms with Gasteiger partial charge in [0.25, 0.3) is 5.91 Å². The lowest BCUT2D eigenvalue weighted by Crippen LogP contribution is -2.39. The fourth-order valence-electron chi connectivity index (χ4n) is 3.06. The number of aldehydes is 1. The molecule has 1 amide bonds. The molecule has 0 aliphatic carbocycles. The fraction of sp³-hybridized carbons (Fsp3) is 0.391. The van der Waals surface area contributed by atoms with Gasteiger partial charge in [0.05, 0.1) is 28.9 Å². The van der Waals surface area contributed by atoms with Gasteiger partial charge >= 0.3 is 0 Å². The van der Waals surface area contributed by atoms with Gasteiger partial charge in [-0.25, -0.2) is 0 Å². The van der Waals surface area contributed by atoms with Crippen LogP contribution in [0.5, 0.6) is 11.5 Å². The van der Waals surface area contributed by atoms with Crippen LogP contribution in [0, 0.1) is 11.3 Å². The summed E-state index contributed by atoms with van der Waals surface area (Å²) in [7, 11) is 0. The maximum atomic E-state index is 12.9. The number of pyridine rings is 1. The molecule has 7 heteroatoms. The van der Waals surface area contributed by atoms with Gasteiger partial charge in [-0.3, -0.25) is 14.6 Å². The Bertz CT molecular complexity index is 892. The molecule has 0 spiro atoms. The van der Waals surface area contributed by atoms with E-state index in [0.29, 0.717) is 43.2 Å². The third-order valence-corrected chi connectivity index (χ3v) is 4.68. The Labute approximate surface area is 176 Å². The van der Waals surface area contributed by atoms with Crippen LogP contribution < -0.4 is 10.1 Å². The first-order valence-corrected chi connectivity index (χ1v) is 10.1. The molecule has 0 saturated heterocycles. The molecule has 0 saturated carbocycles. The van der Waals surface area contributed by atoms with Gasteiger partial charge in [-0.05, 0) is 43.5 Å². The van der Waals surface area contributed by atoms with E-state index in [1.54, 1.807) is 30.5 Å². The molecule has 30 heavy (non-hydrogen) atoms. The van der Waals surface area contributed by atoms with Gasteiger partial charge in [0.1, 0.15) is 18.1 Å². The van der Waals surface area contributed by atoms with E-state index in [4.69, 9.17) is 10.00 Å². The van der Waals surface area contributed by atoms with Crippen LogP contribution in [0.4, 0.5) is 0 Å². The average molecular weight is 409 g/mol. The molecule has 1 aromatic heterocycles. The number of nitriles is 1. The minimum atomic E-state index is -0.272. The number of phenolic OH excluding ortho intramolecular Hbond substituents is 1. The Morgan fingerprint density at radius 3 is 2.90 bits per heavy atom. The van der Waals surface area contributed by atoms with E-state index in [9.17, 15) is 14.7 Å². The summed E-state index contributed by atoms with van der Waals surface area (Å²) in [5.74, 6) is -0.111. The molecule has 2 rings (SSSR count). The van der Waals surface area contributed by atoms with Crippen LogP contribution in [0.15, 0.2) is 36.5 Å². The zero-order chi connectivity index (χ0) is 21.8. The smallest absolute Gasteiger partial charge is 0.253 e. The van der Waals surface area contributed by atoms with Crippen molar-refractivity contribution in [2.75, 3.05) is 6.61 Å². The molecule has 2 aromatic rings. The van der Waals surface area contributed by atoms with Crippen molar-refractivity contribution in [1.82, 2.24) is 10.3 Å². The van der Waals surface area contributed by atoms with E-state index in [1.165, 1.54) is 6.07 Å². The Balaban J connectivity index is 2.09. The molecule has 7 nitrogen and oxygen atoms in total. The molecule has 0 unspecified atom stereocenters. The number of hydrogen-bond donors (Lipinski definition) is 2. The molecule has 0 aliphatic rings. The topological polar surface area (TPSA) is 112 Å². The third-order valence-electron chi connectivity index (χ3n) is 4.68. The quantitative estimate of drug-likeness (QED) is 0.407. The Morgan fingerprint density at radius 2 is 2.17 bits per heavy atom. The van der Waals surface area contributed by atoms with Gasteiger partial charge < -0.3 is 15.2 Å². The van der Waals surface area contributed by atoms with Crippen LogP contribution in [0.1, 0.15) is 65.4 Å². The van der Waals surface area contributed by atoms with Crippen molar-refractivity contribution in [2.24, 2.45) is 0 Å². The Hall–Kier alpha value is -3.40. The van der Waals surface area contributed by atoms with Crippen LogP contribution in [-0.4, -0.2) is 34.9 Å². The summed E-state index contributed by atoms with van der Waals surface area (Å²) in [6.45, 7) is 2.23. The van der Waals surface area contributed by atoms with Gasteiger partial charge in [-0.2, -0.15) is 5.26 Å². The Kier molecular flexibility index (Phi) is 9.32. The molecule has 1 heterocycles. The van der Waals surface area contributed by atoms with Gasteiger partial charge in [-0.1, -0.05) is 25.8 Å². The van der Waals surface area contributed by atoms with E-state index in [-0.39, 0.29) is 35.6 Å². The number of carbonyl (C=O) groups is 2. The maximum Gasteiger partial charge on any atom is 0.253 e. The van der Waals surface area contributed by atoms with Crippen LogP contribution in [0.3, 0.4) is 0 Å². The number of carbonyl (C=O) groups excluding carboxylic acids is 2. The number of ether oxygens (including phenoxy) is 1. The summed E-state index contributed by atoms with van der Waals surface area (Å²) in [6, 6.07) is 9.89. The van der Waals surface area contributed by atoms with E-state index in [2.05, 4.69) is 23.3 Å². The number of hydrogen-bond acceptors (Lipinski definition) is 6. The predicted molar refractivity (Wildman–Crippen MR) is 113 cm³/mol. The molecule has 0 aliphatic heterocycles. The summed E-state index contributed by atoms with van der Waals surface area (Å²) >= 11 is 0. The predicted octanol–water partition coefficient (Wildman–Crippen LogP) is 3.81. The van der Waals surface area contributed by atoms with Crippen LogP contribution in [0.25, 0.3) is 0 Å². The number of aromatic nitrogens is 1. The lowest BCUT2D eigenvalue weighted by atomic mass is 10.1. The summed E-state index contributed by atoms with van der Waals surface area (Å²) in [4.78, 5) is 28.4. The van der Waals surface area contributed by atoms with Crippen molar-refractivity contribution in [3.8, 4) is 17.6 Å². The molecule has 0 bridgehead atoms. The molecule has 0 fully saturated rings. The average Bonchev–Trinajstić information content (AvgIpc) is 2.76. The summed E-state index contributed by atoms with van der Waals surface area (Å²) in [6.07, 6.45) is 6.37. The van der Waals surface area contributed by atoms with Crippen LogP contribution in [0.2, 0.25) is 0 Å². The number of phenols is 1. The van der Waals surface area contributed by atoms with Gasteiger partial charge in [0.15, 0.2) is 6.29 Å². The zero-order valence-electron chi connectivity index (χ0n) is 17.1. The van der Waals surface area contributed by atoms with E-state index in [0.717, 1.165) is 12.8 Å². The fourth-order valence-corrected chi connectivity index (χ4v) is 3.06. The van der Waals surface area contributed by atoms with E-state index < -0.39 is 0 Å². The van der Waals surface area contributed by atoms with Crippen molar-refractivity contribution in [2.45, 2.75) is 51.5 Å². The van der Waals surface area contributed by atoms with Crippen LogP contribution in [-0.2, 0) is 6.42 Å². The maximum absolute atomic E-state index is 12.9. The largest absolute Gasteiger partial charge is 0.507 e. The number of nitrogens with zero attached hydrogens (tertiary/aromatic N) is 2. The first-order chi connectivity index (χ1) is 14.6. The number of amides is 1. The highest BCUT2D eigenvalue weighted by Gasteiger charge is 2.18. The number of nitrogens with one attached hydrogen (secondary N) is 1. The molecule has 1 atom stereocenters. The minimum absolute atomic E-state index is 0.0881. The monoisotopic (exact) mass is 409 g/mol. The van der Waals surface area contributed by atoms with E-state index in [1.807, 2.05) is 0 Å². The summed E-state index contributed by atoms with van der Waals surface area (Å²) in [5, 5.41) is 21.5.